The number of amides is 2. The number of carbonyl (C=O) groups is 2. The van der Waals surface area contributed by atoms with Crippen molar-refractivity contribution in [2.75, 3.05) is 47.7 Å². The molecule has 0 bridgehead atoms. The number of methoxy groups -OCH3 is 2. The summed E-state index contributed by atoms with van der Waals surface area (Å²) < 4.78 is 9.32. The van der Waals surface area contributed by atoms with Crippen molar-refractivity contribution in [2.24, 2.45) is 0 Å². The molecule has 9 N–H and O–H groups in total. The molecular formula is C34H39ClN4O15. The minimum absolute atomic E-state index is 0. The van der Waals surface area contributed by atoms with Crippen LogP contribution in [-0.2, 0) is 6.61 Å². The molecule has 5 aromatic carbocycles. The Balaban J connectivity index is 0.000000734. The molecule has 0 aliphatic rings. The van der Waals surface area contributed by atoms with Crippen molar-refractivity contribution in [3.8, 4) is 34.5 Å². The molecule has 0 saturated heterocycles. The maximum absolute atomic E-state index is 11.9. The van der Waals surface area contributed by atoms with E-state index in [1.54, 1.807) is 52.5 Å². The number of nitrogens with zero attached hydrogens (tertiary/aromatic N) is 2. The minimum atomic E-state index is -1.01. The maximum Gasteiger partial charge on any atom is 0.275 e. The Morgan fingerprint density at radius 3 is 1.46 bits per heavy atom. The van der Waals surface area contributed by atoms with Crippen LogP contribution in [0.25, 0.3) is 0 Å². The van der Waals surface area contributed by atoms with Gasteiger partial charge in [-0.15, -0.1) is 0 Å². The predicted octanol–water partition coefficient (Wildman–Crippen LogP) is -4.47. The summed E-state index contributed by atoms with van der Waals surface area (Å²) in [5.41, 5.74) is -0.128. The number of nitrogens with one attached hydrogen (secondary N) is 1. The third kappa shape index (κ3) is 9.85. The highest BCUT2D eigenvalue weighted by molar-refractivity contribution is 5.99. The SMILES string of the molecule is C.CN(C)C(=O)c1cccc([NH3+])c1O.COc1c(CO)c(=O)c1=O.COc1c(Nc2cccc(C(=O)N(C)C)c2O)c(=O)c1=O.O=c1c(O)c(O)c1=O.[Cl-]. The van der Waals surface area contributed by atoms with Gasteiger partial charge in [-0.3, -0.25) is 38.4 Å². The van der Waals surface area contributed by atoms with E-state index >= 15 is 0 Å². The van der Waals surface area contributed by atoms with Crippen molar-refractivity contribution in [3.63, 3.8) is 0 Å². The number of aliphatic hydroxyl groups is 1. The van der Waals surface area contributed by atoms with Gasteiger partial charge in [0.1, 0.15) is 5.69 Å². The van der Waals surface area contributed by atoms with Crippen LogP contribution < -0.4 is 65.5 Å². The number of anilines is 2. The summed E-state index contributed by atoms with van der Waals surface area (Å²) in [6.45, 7) is -0.423. The topological polar surface area (TPSA) is 302 Å². The van der Waals surface area contributed by atoms with E-state index in [1.165, 1.54) is 36.2 Å². The number of aromatic hydroxyl groups is 4. The number of hydrogen-bond donors (Lipinski definition) is 7. The fraction of sp³-hybridized carbons (Fsp3) is 0.235. The van der Waals surface area contributed by atoms with Crippen molar-refractivity contribution in [1.29, 1.82) is 0 Å². The minimum Gasteiger partial charge on any atom is -1.00 e. The Kier molecular flexibility index (Phi) is 17.5. The Morgan fingerprint density at radius 2 is 1.07 bits per heavy atom. The summed E-state index contributed by atoms with van der Waals surface area (Å²) in [7, 11) is 8.95. The van der Waals surface area contributed by atoms with Gasteiger partial charge in [-0.05, 0) is 18.2 Å². The van der Waals surface area contributed by atoms with Gasteiger partial charge < -0.3 is 68.3 Å². The van der Waals surface area contributed by atoms with Gasteiger partial charge in [-0.25, -0.2) is 0 Å². The molecule has 292 valence electrons. The van der Waals surface area contributed by atoms with Gasteiger partial charge >= 0.3 is 0 Å². The van der Waals surface area contributed by atoms with Crippen molar-refractivity contribution in [2.45, 2.75) is 14.0 Å². The first-order valence-electron chi connectivity index (χ1n) is 14.5. The molecule has 5 rings (SSSR count). The smallest absolute Gasteiger partial charge is 0.275 e. The molecular weight excluding hydrogens is 740 g/mol. The number of phenols is 2. The highest BCUT2D eigenvalue weighted by Crippen LogP contribution is 2.32. The van der Waals surface area contributed by atoms with Crippen LogP contribution in [0, 0.1) is 0 Å². The maximum atomic E-state index is 11.9. The molecule has 2 amide bonds. The fourth-order valence-electron chi connectivity index (χ4n) is 4.02. The fourth-order valence-corrected chi connectivity index (χ4v) is 4.02. The Bertz CT molecular complexity index is 2260. The van der Waals surface area contributed by atoms with Crippen molar-refractivity contribution < 1.29 is 62.7 Å². The summed E-state index contributed by atoms with van der Waals surface area (Å²) >= 11 is 0. The highest BCUT2D eigenvalue weighted by atomic mass is 35.5. The second kappa shape index (κ2) is 19.9. The second-order valence-electron chi connectivity index (χ2n) is 10.8. The lowest BCUT2D eigenvalue weighted by Gasteiger charge is -2.16. The van der Waals surface area contributed by atoms with E-state index in [2.05, 4.69) is 15.8 Å². The molecule has 0 radical (unpaired) electrons. The van der Waals surface area contributed by atoms with Crippen LogP contribution >= 0.6 is 0 Å². The first-order valence-corrected chi connectivity index (χ1v) is 14.5. The number of ether oxygens (including phenoxy) is 2. The summed E-state index contributed by atoms with van der Waals surface area (Å²) in [6.07, 6.45) is 0. The van der Waals surface area contributed by atoms with Crippen LogP contribution in [0.4, 0.5) is 17.1 Å². The number of phenolic OH excluding ortho intramolecular Hbond substituents is 2. The molecule has 0 fully saturated rings. The first kappa shape index (κ1) is 47.4. The van der Waals surface area contributed by atoms with Gasteiger partial charge in [0.05, 0.1) is 43.2 Å². The van der Waals surface area contributed by atoms with Crippen LogP contribution in [0.15, 0.2) is 65.2 Å². The van der Waals surface area contributed by atoms with E-state index < -0.39 is 50.7 Å². The Morgan fingerprint density at radius 1 is 0.648 bits per heavy atom. The van der Waals surface area contributed by atoms with Crippen LogP contribution in [0.3, 0.4) is 0 Å². The van der Waals surface area contributed by atoms with E-state index in [-0.39, 0.29) is 82.7 Å². The van der Waals surface area contributed by atoms with Gasteiger partial charge in [-0.1, -0.05) is 19.6 Å². The average Bonchev–Trinajstić information content (AvgIpc) is 3.13. The Hall–Kier alpha value is -6.57. The van der Waals surface area contributed by atoms with E-state index in [9.17, 15) is 48.6 Å². The molecule has 20 heteroatoms. The molecule has 0 aliphatic heterocycles. The number of hydrogen-bond acceptors (Lipinski definition) is 16. The van der Waals surface area contributed by atoms with E-state index in [4.69, 9.17) is 20.1 Å². The predicted molar refractivity (Wildman–Crippen MR) is 191 cm³/mol. The molecule has 0 aromatic heterocycles. The lowest BCUT2D eigenvalue weighted by molar-refractivity contribution is -0.256. The van der Waals surface area contributed by atoms with Crippen molar-refractivity contribution in [3.05, 3.63) is 114 Å². The number of quaternary nitrogens is 1. The van der Waals surface area contributed by atoms with Crippen molar-refractivity contribution >= 4 is 28.9 Å². The van der Waals surface area contributed by atoms with Gasteiger partial charge in [0.2, 0.25) is 16.9 Å². The summed E-state index contributed by atoms with van der Waals surface area (Å²) in [5.74, 6) is -2.69. The molecule has 0 saturated carbocycles. The van der Waals surface area contributed by atoms with Gasteiger partial charge in [0.15, 0.2) is 28.7 Å². The molecule has 0 unspecified atom stereocenters. The zero-order valence-electron chi connectivity index (χ0n) is 29.0. The Labute approximate surface area is 311 Å². The number of carbonyl (C=O) groups excluding carboxylic acids is 2. The summed E-state index contributed by atoms with van der Waals surface area (Å²) in [4.78, 5) is 89.7. The largest absolute Gasteiger partial charge is 1.00 e. The van der Waals surface area contributed by atoms with Crippen LogP contribution in [0.1, 0.15) is 33.7 Å². The molecule has 5 aromatic rings. The number of halogens is 1. The molecule has 0 atom stereocenters. The van der Waals surface area contributed by atoms with E-state index in [0.29, 0.717) is 5.69 Å². The van der Waals surface area contributed by atoms with E-state index in [1.807, 2.05) is 0 Å². The molecule has 54 heavy (non-hydrogen) atoms. The second-order valence-corrected chi connectivity index (χ2v) is 10.8. The summed E-state index contributed by atoms with van der Waals surface area (Å²) in [6, 6.07) is 9.42. The van der Waals surface area contributed by atoms with Gasteiger partial charge in [0.25, 0.3) is 39.0 Å². The average molecular weight is 779 g/mol. The number of benzene rings is 2. The number of rotatable bonds is 7. The highest BCUT2D eigenvalue weighted by Gasteiger charge is 2.24. The lowest BCUT2D eigenvalue weighted by Crippen LogP contribution is -3.00. The van der Waals surface area contributed by atoms with Crippen molar-refractivity contribution in [1.82, 2.24) is 9.80 Å². The van der Waals surface area contributed by atoms with Crippen LogP contribution in [0.2, 0.25) is 0 Å². The van der Waals surface area contributed by atoms with Gasteiger partial charge in [0, 0.05) is 34.3 Å². The van der Waals surface area contributed by atoms with E-state index in [0.717, 1.165) is 0 Å². The van der Waals surface area contributed by atoms with Gasteiger partial charge in [-0.2, -0.15) is 0 Å². The zero-order chi connectivity index (χ0) is 39.8. The number of aliphatic hydroxyl groups excluding tert-OH is 1. The standard InChI is InChI=1S/C14H14N2O5.C9H12N2O2.C6H6O4.C4H2O4.CH4.ClH/c1-16(2)14(20)7-5-4-6-8(10(7)17)15-9-11(18)12(19)13(9)21-3;1-11(2)9(13)6-4-3-5-7(10)8(6)12;1-10-6-3(2-7)4(8)5(6)9;5-1-2(6)4(8)3(1)7;;/h4-6,15,17H,1-3H3;3-5,12H,10H2,1-2H3;7H,2H2,1H3;5-6H;1H4;1H. The third-order valence-corrected chi connectivity index (χ3v) is 6.94. The van der Waals surface area contributed by atoms with Crippen LogP contribution in [0.5, 0.6) is 34.5 Å². The number of para-hydroxylation sites is 2. The third-order valence-electron chi connectivity index (χ3n) is 6.94. The lowest BCUT2D eigenvalue weighted by atomic mass is 10.1. The zero-order valence-corrected chi connectivity index (χ0v) is 29.7. The normalized spacial score (nSPS) is 9.78. The first-order chi connectivity index (χ1) is 24.3. The molecule has 0 spiro atoms. The molecule has 19 nitrogen and oxygen atoms in total. The quantitative estimate of drug-likeness (QED) is 0.0605. The monoisotopic (exact) mass is 778 g/mol. The van der Waals surface area contributed by atoms with Crippen LogP contribution in [-0.4, -0.2) is 89.6 Å². The molecule has 0 aliphatic carbocycles. The molecule has 0 heterocycles. The summed E-state index contributed by atoms with van der Waals surface area (Å²) in [5, 5.41) is 47.1.